The van der Waals surface area contributed by atoms with Crippen molar-refractivity contribution in [3.8, 4) is 0 Å². The third kappa shape index (κ3) is 8.80. The summed E-state index contributed by atoms with van der Waals surface area (Å²) in [5.41, 5.74) is 0. The molecular formula is C14H24N2O5. The Kier molecular flexibility index (Phi) is 9.03. The van der Waals surface area contributed by atoms with E-state index in [-0.39, 0.29) is 12.5 Å². The monoisotopic (exact) mass is 300 g/mol. The molecule has 0 saturated carbocycles. The van der Waals surface area contributed by atoms with Gasteiger partial charge in [0.25, 0.3) is 5.91 Å². The third-order valence-electron chi connectivity index (χ3n) is 2.37. The van der Waals surface area contributed by atoms with Crippen LogP contribution in [0.5, 0.6) is 0 Å². The maximum absolute atomic E-state index is 11.7. The first-order valence-electron chi connectivity index (χ1n) is 6.79. The van der Waals surface area contributed by atoms with E-state index in [1.165, 1.54) is 19.9 Å². The number of hydrogen-bond donors (Lipinski definition) is 2. The Balaban J connectivity index is 4.17. The molecule has 0 bridgehead atoms. The van der Waals surface area contributed by atoms with Gasteiger partial charge in [-0.25, -0.2) is 9.59 Å². The van der Waals surface area contributed by atoms with Crippen molar-refractivity contribution in [1.82, 2.24) is 10.6 Å². The van der Waals surface area contributed by atoms with Gasteiger partial charge in [-0.1, -0.05) is 19.9 Å². The number of esters is 1. The molecule has 0 aliphatic heterocycles. The number of carbonyl (C=O) groups is 3. The highest BCUT2D eigenvalue weighted by molar-refractivity contribution is 5.97. The quantitative estimate of drug-likeness (QED) is 0.515. The van der Waals surface area contributed by atoms with Crippen molar-refractivity contribution in [2.45, 2.75) is 39.9 Å². The van der Waals surface area contributed by atoms with Gasteiger partial charge >= 0.3 is 12.0 Å². The molecule has 0 saturated heterocycles. The van der Waals surface area contributed by atoms with Crippen LogP contribution >= 0.6 is 0 Å². The molecule has 0 aromatic rings. The van der Waals surface area contributed by atoms with Gasteiger partial charge in [-0.3, -0.25) is 10.1 Å². The van der Waals surface area contributed by atoms with Gasteiger partial charge < -0.3 is 14.8 Å². The molecule has 0 aromatic carbocycles. The summed E-state index contributed by atoms with van der Waals surface area (Å²) in [7, 11) is 0. The van der Waals surface area contributed by atoms with E-state index in [9.17, 15) is 14.4 Å². The first kappa shape index (κ1) is 19.1. The van der Waals surface area contributed by atoms with Crippen LogP contribution in [-0.4, -0.2) is 43.3 Å². The minimum atomic E-state index is -1.09. The zero-order chi connectivity index (χ0) is 16.4. The van der Waals surface area contributed by atoms with Crippen molar-refractivity contribution in [2.75, 3.05) is 13.2 Å². The van der Waals surface area contributed by atoms with Crippen LogP contribution in [-0.2, 0) is 19.1 Å². The van der Waals surface area contributed by atoms with Crippen molar-refractivity contribution >= 4 is 17.9 Å². The van der Waals surface area contributed by atoms with Gasteiger partial charge in [-0.05, 0) is 19.8 Å². The van der Waals surface area contributed by atoms with Crippen LogP contribution in [0.2, 0.25) is 0 Å². The topological polar surface area (TPSA) is 93.7 Å². The minimum Gasteiger partial charge on any atom is -0.451 e. The van der Waals surface area contributed by atoms with Gasteiger partial charge in [0.05, 0.1) is 6.61 Å². The molecule has 0 heterocycles. The molecule has 0 aliphatic carbocycles. The number of hydrogen-bond acceptors (Lipinski definition) is 5. The fraction of sp³-hybridized carbons (Fsp3) is 0.643. The minimum absolute atomic E-state index is 0.203. The lowest BCUT2D eigenvalue weighted by Crippen LogP contribution is -2.46. The van der Waals surface area contributed by atoms with Gasteiger partial charge in [0.2, 0.25) is 0 Å². The van der Waals surface area contributed by atoms with E-state index >= 15 is 0 Å². The van der Waals surface area contributed by atoms with Gasteiger partial charge in [-0.15, -0.1) is 6.58 Å². The summed E-state index contributed by atoms with van der Waals surface area (Å²) in [4.78, 5) is 34.7. The van der Waals surface area contributed by atoms with Crippen molar-refractivity contribution in [3.63, 3.8) is 0 Å². The zero-order valence-corrected chi connectivity index (χ0v) is 13.0. The van der Waals surface area contributed by atoms with E-state index in [4.69, 9.17) is 9.47 Å². The number of imide groups is 1. The van der Waals surface area contributed by atoms with Crippen LogP contribution in [0.15, 0.2) is 12.7 Å². The fourth-order valence-electron chi connectivity index (χ4n) is 1.16. The SMILES string of the molecule is C=CCOC(C)C(=O)OC(C)C(=O)NC(=O)NCC(C)C. The number of amides is 3. The molecule has 0 fully saturated rings. The highest BCUT2D eigenvalue weighted by atomic mass is 16.6. The number of carbonyl (C=O) groups excluding carboxylic acids is 3. The van der Waals surface area contributed by atoms with E-state index in [0.29, 0.717) is 6.54 Å². The Morgan fingerprint density at radius 3 is 2.29 bits per heavy atom. The predicted octanol–water partition coefficient (Wildman–Crippen LogP) is 0.991. The molecule has 0 rings (SSSR count). The number of nitrogens with one attached hydrogen (secondary N) is 2. The second-order valence-corrected chi connectivity index (χ2v) is 4.94. The van der Waals surface area contributed by atoms with E-state index < -0.39 is 30.1 Å². The lowest BCUT2D eigenvalue weighted by molar-refractivity contribution is -0.164. The third-order valence-corrected chi connectivity index (χ3v) is 2.37. The van der Waals surface area contributed by atoms with Gasteiger partial charge in [0, 0.05) is 6.54 Å². The summed E-state index contributed by atoms with van der Waals surface area (Å²) in [6.07, 6.45) is -0.399. The molecule has 2 N–H and O–H groups in total. The number of ether oxygens (including phenoxy) is 2. The average Bonchev–Trinajstić information content (AvgIpc) is 2.42. The molecule has 0 radical (unpaired) electrons. The van der Waals surface area contributed by atoms with Crippen molar-refractivity contribution < 1.29 is 23.9 Å². The fourth-order valence-corrected chi connectivity index (χ4v) is 1.16. The average molecular weight is 300 g/mol. The second-order valence-electron chi connectivity index (χ2n) is 4.94. The Labute approximate surface area is 125 Å². The maximum Gasteiger partial charge on any atom is 0.335 e. The molecule has 21 heavy (non-hydrogen) atoms. The first-order chi connectivity index (χ1) is 9.77. The summed E-state index contributed by atoms with van der Waals surface area (Å²) >= 11 is 0. The summed E-state index contributed by atoms with van der Waals surface area (Å²) < 4.78 is 9.98. The molecule has 7 heteroatoms. The van der Waals surface area contributed by atoms with Crippen molar-refractivity contribution in [1.29, 1.82) is 0 Å². The molecular weight excluding hydrogens is 276 g/mol. The summed E-state index contributed by atoms with van der Waals surface area (Å²) in [5.74, 6) is -1.11. The normalized spacial score (nSPS) is 13.2. The van der Waals surface area contributed by atoms with Crippen LogP contribution in [0.1, 0.15) is 27.7 Å². The van der Waals surface area contributed by atoms with E-state index in [2.05, 4.69) is 17.2 Å². The van der Waals surface area contributed by atoms with Gasteiger partial charge in [0.1, 0.15) is 0 Å². The van der Waals surface area contributed by atoms with Crippen LogP contribution in [0.3, 0.4) is 0 Å². The highest BCUT2D eigenvalue weighted by Crippen LogP contribution is 2.00. The van der Waals surface area contributed by atoms with Crippen LogP contribution in [0.4, 0.5) is 4.79 Å². The van der Waals surface area contributed by atoms with Crippen LogP contribution < -0.4 is 10.6 Å². The molecule has 2 atom stereocenters. The zero-order valence-electron chi connectivity index (χ0n) is 13.0. The lowest BCUT2D eigenvalue weighted by Gasteiger charge is -2.16. The Hall–Kier alpha value is -1.89. The second kappa shape index (κ2) is 9.93. The smallest absolute Gasteiger partial charge is 0.335 e. The first-order valence-corrected chi connectivity index (χ1v) is 6.79. The molecule has 2 unspecified atom stereocenters. The number of urea groups is 1. The van der Waals surface area contributed by atoms with Crippen molar-refractivity contribution in [3.05, 3.63) is 12.7 Å². The molecule has 7 nitrogen and oxygen atoms in total. The van der Waals surface area contributed by atoms with Crippen LogP contribution in [0, 0.1) is 5.92 Å². The Morgan fingerprint density at radius 1 is 1.14 bits per heavy atom. The Bertz CT molecular complexity index is 382. The Morgan fingerprint density at radius 2 is 1.76 bits per heavy atom. The highest BCUT2D eigenvalue weighted by Gasteiger charge is 2.23. The van der Waals surface area contributed by atoms with Crippen LogP contribution in [0.25, 0.3) is 0 Å². The lowest BCUT2D eigenvalue weighted by atomic mass is 10.2. The maximum atomic E-state index is 11.7. The van der Waals surface area contributed by atoms with Gasteiger partial charge in [0.15, 0.2) is 12.2 Å². The summed E-state index contributed by atoms with van der Waals surface area (Å²) in [5, 5.41) is 4.62. The largest absolute Gasteiger partial charge is 0.451 e. The molecule has 0 aliphatic rings. The molecule has 3 amide bonds. The van der Waals surface area contributed by atoms with Crippen molar-refractivity contribution in [2.24, 2.45) is 5.92 Å². The number of rotatable bonds is 8. The molecule has 0 spiro atoms. The molecule has 120 valence electrons. The van der Waals surface area contributed by atoms with E-state index in [1.807, 2.05) is 13.8 Å². The standard InChI is InChI=1S/C14H24N2O5/c1-6-7-20-11(5)13(18)21-10(4)12(17)16-14(19)15-8-9(2)3/h6,9-11H,1,7-8H2,2-5H3,(H2,15,16,17,19). The summed E-state index contributed by atoms with van der Waals surface area (Å²) in [6, 6.07) is -0.618. The summed E-state index contributed by atoms with van der Waals surface area (Å²) in [6.45, 7) is 10.8. The van der Waals surface area contributed by atoms with E-state index in [0.717, 1.165) is 0 Å². The molecule has 0 aromatic heterocycles. The van der Waals surface area contributed by atoms with E-state index in [1.54, 1.807) is 0 Å². The van der Waals surface area contributed by atoms with Gasteiger partial charge in [-0.2, -0.15) is 0 Å². The predicted molar refractivity (Wildman–Crippen MR) is 77.5 cm³/mol.